The van der Waals surface area contributed by atoms with Crippen molar-refractivity contribution in [2.24, 2.45) is 0 Å². The molecule has 2 heterocycles. The van der Waals surface area contributed by atoms with E-state index in [2.05, 4.69) is 65.9 Å². The van der Waals surface area contributed by atoms with Crippen LogP contribution >= 0.6 is 0 Å². The maximum atomic E-state index is 4.48. The Bertz CT molecular complexity index is 744. The van der Waals surface area contributed by atoms with Crippen LogP contribution in [0.1, 0.15) is 36.7 Å². The second-order valence-electron chi connectivity index (χ2n) is 6.02. The van der Waals surface area contributed by atoms with Crippen LogP contribution in [0.2, 0.25) is 0 Å². The Hall–Kier alpha value is -2.40. The third-order valence-electron chi connectivity index (χ3n) is 4.28. The molecular weight excluding hydrogens is 298 g/mol. The molecule has 1 N–H and O–H groups in total. The largest absolute Gasteiger partial charge is 0.310 e. The van der Waals surface area contributed by atoms with Gasteiger partial charge in [0.05, 0.1) is 12.7 Å². The van der Waals surface area contributed by atoms with Crippen LogP contribution < -0.4 is 5.32 Å². The molecule has 5 nitrogen and oxygen atoms in total. The SMILES string of the molecule is CCn1nccc1CCNC(C)c1cnn(Cc2ccccc2)c1. The lowest BCUT2D eigenvalue weighted by Crippen LogP contribution is -2.22. The van der Waals surface area contributed by atoms with Crippen molar-refractivity contribution in [2.45, 2.75) is 39.4 Å². The van der Waals surface area contributed by atoms with E-state index in [1.54, 1.807) is 0 Å². The maximum Gasteiger partial charge on any atom is 0.0659 e. The molecule has 0 saturated heterocycles. The molecule has 0 amide bonds. The van der Waals surface area contributed by atoms with Crippen molar-refractivity contribution >= 4 is 0 Å². The molecule has 0 aliphatic heterocycles. The summed E-state index contributed by atoms with van der Waals surface area (Å²) in [7, 11) is 0. The van der Waals surface area contributed by atoms with E-state index in [1.165, 1.54) is 16.8 Å². The summed E-state index contributed by atoms with van der Waals surface area (Å²) in [5.41, 5.74) is 3.76. The summed E-state index contributed by atoms with van der Waals surface area (Å²) in [5, 5.41) is 12.4. The average molecular weight is 323 g/mol. The van der Waals surface area contributed by atoms with Gasteiger partial charge in [-0.25, -0.2) is 0 Å². The Labute approximate surface area is 143 Å². The number of hydrogen-bond acceptors (Lipinski definition) is 3. The third kappa shape index (κ3) is 4.11. The fourth-order valence-corrected chi connectivity index (χ4v) is 2.85. The number of aromatic nitrogens is 4. The highest BCUT2D eigenvalue weighted by atomic mass is 15.3. The molecule has 1 unspecified atom stereocenters. The summed E-state index contributed by atoms with van der Waals surface area (Å²) in [6.45, 7) is 6.96. The summed E-state index contributed by atoms with van der Waals surface area (Å²) < 4.78 is 4.04. The topological polar surface area (TPSA) is 47.7 Å². The fraction of sp³-hybridized carbons (Fsp3) is 0.368. The minimum Gasteiger partial charge on any atom is -0.310 e. The molecule has 3 aromatic rings. The monoisotopic (exact) mass is 323 g/mol. The lowest BCUT2D eigenvalue weighted by Gasteiger charge is -2.12. The zero-order chi connectivity index (χ0) is 16.8. The molecule has 0 aliphatic carbocycles. The van der Waals surface area contributed by atoms with Crippen LogP contribution in [0.25, 0.3) is 0 Å². The van der Waals surface area contributed by atoms with E-state index < -0.39 is 0 Å². The molecular formula is C19H25N5. The summed E-state index contributed by atoms with van der Waals surface area (Å²) in [6.07, 6.45) is 6.93. The van der Waals surface area contributed by atoms with E-state index in [0.29, 0.717) is 0 Å². The maximum absolute atomic E-state index is 4.48. The fourth-order valence-electron chi connectivity index (χ4n) is 2.85. The predicted molar refractivity (Wildman–Crippen MR) is 95.8 cm³/mol. The van der Waals surface area contributed by atoms with Gasteiger partial charge in [0.25, 0.3) is 0 Å². The highest BCUT2D eigenvalue weighted by Gasteiger charge is 2.08. The molecule has 0 fully saturated rings. The standard InChI is InChI=1S/C19H25N5/c1-3-24-19(10-12-21-24)9-11-20-16(2)18-13-22-23(15-18)14-17-7-5-4-6-8-17/h4-8,10,12-13,15-16,20H,3,9,11,14H2,1-2H3. The first-order chi connectivity index (χ1) is 11.8. The third-order valence-corrected chi connectivity index (χ3v) is 4.28. The first-order valence-electron chi connectivity index (χ1n) is 8.56. The summed E-state index contributed by atoms with van der Waals surface area (Å²) >= 11 is 0. The van der Waals surface area contributed by atoms with Crippen LogP contribution in [-0.4, -0.2) is 26.1 Å². The van der Waals surface area contributed by atoms with Crippen molar-refractivity contribution in [3.63, 3.8) is 0 Å². The molecule has 0 spiro atoms. The van der Waals surface area contributed by atoms with Gasteiger partial charge >= 0.3 is 0 Å². The minimum atomic E-state index is 0.285. The molecule has 2 aromatic heterocycles. The zero-order valence-electron chi connectivity index (χ0n) is 14.4. The van der Waals surface area contributed by atoms with Crippen molar-refractivity contribution in [2.75, 3.05) is 6.54 Å². The zero-order valence-corrected chi connectivity index (χ0v) is 14.4. The van der Waals surface area contributed by atoms with Gasteiger partial charge in [-0.3, -0.25) is 9.36 Å². The van der Waals surface area contributed by atoms with Crippen LogP contribution in [0.3, 0.4) is 0 Å². The van der Waals surface area contributed by atoms with E-state index >= 15 is 0 Å². The molecule has 0 bridgehead atoms. The van der Waals surface area contributed by atoms with Crippen LogP contribution in [0.5, 0.6) is 0 Å². The second-order valence-corrected chi connectivity index (χ2v) is 6.02. The number of aryl methyl sites for hydroxylation is 1. The van der Waals surface area contributed by atoms with Gasteiger partial charge in [-0.05, 0) is 25.5 Å². The number of nitrogens with zero attached hydrogens (tertiary/aromatic N) is 4. The first-order valence-corrected chi connectivity index (χ1v) is 8.56. The van der Waals surface area contributed by atoms with Gasteiger partial charge in [0.2, 0.25) is 0 Å². The van der Waals surface area contributed by atoms with Gasteiger partial charge in [0.15, 0.2) is 0 Å². The van der Waals surface area contributed by atoms with Gasteiger partial charge in [-0.2, -0.15) is 10.2 Å². The minimum absolute atomic E-state index is 0.285. The van der Waals surface area contributed by atoms with Crippen molar-refractivity contribution in [1.82, 2.24) is 24.9 Å². The summed E-state index contributed by atoms with van der Waals surface area (Å²) in [5.74, 6) is 0. The molecule has 1 aromatic carbocycles. The molecule has 5 heteroatoms. The molecule has 0 aliphatic rings. The second kappa shape index (κ2) is 7.93. The van der Waals surface area contributed by atoms with Gasteiger partial charge in [-0.15, -0.1) is 0 Å². The van der Waals surface area contributed by atoms with Crippen molar-refractivity contribution in [1.29, 1.82) is 0 Å². The molecule has 3 rings (SSSR count). The number of benzene rings is 1. The van der Waals surface area contributed by atoms with Gasteiger partial charge < -0.3 is 5.32 Å². The van der Waals surface area contributed by atoms with Crippen LogP contribution in [0, 0.1) is 0 Å². The van der Waals surface area contributed by atoms with Gasteiger partial charge in [0.1, 0.15) is 0 Å². The van der Waals surface area contributed by atoms with Crippen LogP contribution in [-0.2, 0) is 19.5 Å². The van der Waals surface area contributed by atoms with E-state index in [1.807, 2.05) is 27.8 Å². The summed E-state index contributed by atoms with van der Waals surface area (Å²) in [6, 6.07) is 12.8. The lowest BCUT2D eigenvalue weighted by atomic mass is 10.2. The molecule has 126 valence electrons. The lowest BCUT2D eigenvalue weighted by molar-refractivity contribution is 0.551. The van der Waals surface area contributed by atoms with Gasteiger partial charge in [-0.1, -0.05) is 30.3 Å². The van der Waals surface area contributed by atoms with E-state index in [4.69, 9.17) is 0 Å². The highest BCUT2D eigenvalue weighted by molar-refractivity contribution is 5.16. The van der Waals surface area contributed by atoms with Crippen LogP contribution in [0.4, 0.5) is 0 Å². The Kier molecular flexibility index (Phi) is 5.43. The van der Waals surface area contributed by atoms with E-state index in [0.717, 1.165) is 26.1 Å². The Morgan fingerprint density at radius 1 is 1.12 bits per heavy atom. The number of hydrogen-bond donors (Lipinski definition) is 1. The normalized spacial score (nSPS) is 12.4. The average Bonchev–Trinajstić information content (AvgIpc) is 3.25. The van der Waals surface area contributed by atoms with Gasteiger partial charge in [0, 0.05) is 49.2 Å². The van der Waals surface area contributed by atoms with Crippen molar-refractivity contribution in [3.8, 4) is 0 Å². The molecule has 0 radical (unpaired) electrons. The molecule has 0 saturated carbocycles. The Balaban J connectivity index is 1.51. The Morgan fingerprint density at radius 3 is 2.75 bits per heavy atom. The quantitative estimate of drug-likeness (QED) is 0.693. The molecule has 24 heavy (non-hydrogen) atoms. The van der Waals surface area contributed by atoms with E-state index in [-0.39, 0.29) is 6.04 Å². The van der Waals surface area contributed by atoms with Crippen LogP contribution in [0.15, 0.2) is 55.0 Å². The first kappa shape index (κ1) is 16.5. The summed E-state index contributed by atoms with van der Waals surface area (Å²) in [4.78, 5) is 0. The van der Waals surface area contributed by atoms with Crippen molar-refractivity contribution in [3.05, 3.63) is 71.8 Å². The predicted octanol–water partition coefficient (Wildman–Crippen LogP) is 3.04. The smallest absolute Gasteiger partial charge is 0.0659 e. The van der Waals surface area contributed by atoms with E-state index in [9.17, 15) is 0 Å². The number of rotatable bonds is 8. The molecule has 1 atom stereocenters. The number of nitrogens with one attached hydrogen (secondary N) is 1. The Morgan fingerprint density at radius 2 is 1.96 bits per heavy atom. The highest BCUT2D eigenvalue weighted by Crippen LogP contribution is 2.12. The van der Waals surface area contributed by atoms with Crippen molar-refractivity contribution < 1.29 is 0 Å².